The van der Waals surface area contributed by atoms with E-state index in [9.17, 15) is 19.8 Å². The van der Waals surface area contributed by atoms with Crippen molar-refractivity contribution in [3.05, 3.63) is 69.7 Å². The maximum Gasteiger partial charge on any atom is 0.405 e. The van der Waals surface area contributed by atoms with Gasteiger partial charge in [-0.2, -0.15) is 0 Å². The Hall–Kier alpha value is -3.46. The zero-order valence-electron chi connectivity index (χ0n) is 21.4. The van der Waals surface area contributed by atoms with Crippen LogP contribution in [0.3, 0.4) is 0 Å². The molecule has 9 heteroatoms. The molecular weight excluding hydrogens is 488 g/mol. The number of amides is 2. The molecule has 37 heavy (non-hydrogen) atoms. The lowest BCUT2D eigenvalue weighted by Gasteiger charge is -2.35. The third-order valence-electron chi connectivity index (χ3n) is 7.40. The lowest BCUT2D eigenvalue weighted by Crippen LogP contribution is -2.44. The second kappa shape index (κ2) is 11.3. The molecule has 0 spiro atoms. The van der Waals surface area contributed by atoms with Gasteiger partial charge in [0.15, 0.2) is 0 Å². The Balaban J connectivity index is 1.44. The average Bonchev–Trinajstić information content (AvgIpc) is 3.42. The number of rotatable bonds is 11. The van der Waals surface area contributed by atoms with E-state index in [1.165, 1.54) is 33.6 Å². The molecule has 1 aromatic heterocycles. The van der Waals surface area contributed by atoms with Crippen LogP contribution in [0.5, 0.6) is 0 Å². The standard InChI is InChI=1S/C28H34N4O4S/c1-17-31-32-25(37-17)23(29-26(33)34)13-8-14-24(30-27(35)36)28(2,3)16-15-22-20-11-6-4-9-18(20)19-10-5-7-12-21(19)22/h4-7,9-12,22-24,29-30H,8,13-16H2,1-3H3,(H,33,34)(H,35,36)/t23-,24-/m0/s1. The average molecular weight is 523 g/mol. The van der Waals surface area contributed by atoms with Gasteiger partial charge in [0.1, 0.15) is 10.0 Å². The highest BCUT2D eigenvalue weighted by Crippen LogP contribution is 2.48. The van der Waals surface area contributed by atoms with E-state index < -0.39 is 18.2 Å². The van der Waals surface area contributed by atoms with Gasteiger partial charge in [-0.05, 0) is 66.7 Å². The van der Waals surface area contributed by atoms with Crippen molar-refractivity contribution in [3.63, 3.8) is 0 Å². The summed E-state index contributed by atoms with van der Waals surface area (Å²) in [7, 11) is 0. The van der Waals surface area contributed by atoms with E-state index in [2.05, 4.69) is 83.2 Å². The summed E-state index contributed by atoms with van der Waals surface area (Å²) in [4.78, 5) is 23.0. The molecule has 0 saturated heterocycles. The third-order valence-corrected chi connectivity index (χ3v) is 8.36. The largest absolute Gasteiger partial charge is 0.465 e. The summed E-state index contributed by atoms with van der Waals surface area (Å²) >= 11 is 1.37. The van der Waals surface area contributed by atoms with Crippen molar-refractivity contribution in [2.45, 2.75) is 70.9 Å². The SMILES string of the molecule is Cc1nnc([C@H](CCC[C@H](NC(=O)O)C(C)(C)CCC2c3ccccc3-c3ccccc32)NC(=O)O)s1. The van der Waals surface area contributed by atoms with E-state index in [1.54, 1.807) is 0 Å². The highest BCUT2D eigenvalue weighted by molar-refractivity contribution is 7.11. The van der Waals surface area contributed by atoms with Crippen LogP contribution in [0, 0.1) is 12.3 Å². The van der Waals surface area contributed by atoms with Crippen LogP contribution in [0.15, 0.2) is 48.5 Å². The fourth-order valence-electron chi connectivity index (χ4n) is 5.45. The summed E-state index contributed by atoms with van der Waals surface area (Å²) in [6.07, 6.45) is 1.31. The molecule has 0 radical (unpaired) electrons. The smallest absolute Gasteiger partial charge is 0.405 e. The molecule has 1 heterocycles. The van der Waals surface area contributed by atoms with Gasteiger partial charge in [-0.15, -0.1) is 10.2 Å². The van der Waals surface area contributed by atoms with Crippen molar-refractivity contribution in [2.24, 2.45) is 5.41 Å². The van der Waals surface area contributed by atoms with Crippen molar-refractivity contribution < 1.29 is 19.8 Å². The van der Waals surface area contributed by atoms with Crippen LogP contribution in [-0.4, -0.2) is 38.6 Å². The van der Waals surface area contributed by atoms with Gasteiger partial charge >= 0.3 is 12.2 Å². The zero-order valence-corrected chi connectivity index (χ0v) is 22.2. The second-order valence-electron chi connectivity index (χ2n) is 10.3. The Bertz CT molecular complexity index is 1210. The molecule has 1 aliphatic rings. The molecule has 0 bridgehead atoms. The molecule has 0 unspecified atom stereocenters. The first-order chi connectivity index (χ1) is 17.7. The minimum absolute atomic E-state index is 0.279. The Morgan fingerprint density at radius 3 is 2.08 bits per heavy atom. The molecule has 0 fully saturated rings. The first kappa shape index (κ1) is 26.6. The monoisotopic (exact) mass is 522 g/mol. The number of nitrogens with zero attached hydrogens (tertiary/aromatic N) is 2. The fraction of sp³-hybridized carbons (Fsp3) is 0.429. The van der Waals surface area contributed by atoms with Crippen molar-refractivity contribution >= 4 is 23.5 Å². The fourth-order valence-corrected chi connectivity index (χ4v) is 6.24. The predicted octanol–water partition coefficient (Wildman–Crippen LogP) is 6.58. The Labute approximate surface area is 221 Å². The second-order valence-corrected chi connectivity index (χ2v) is 11.6. The summed E-state index contributed by atoms with van der Waals surface area (Å²) in [6.45, 7) is 6.05. The van der Waals surface area contributed by atoms with Crippen LogP contribution in [-0.2, 0) is 0 Å². The maximum atomic E-state index is 11.7. The molecule has 0 aliphatic heterocycles. The molecule has 8 nitrogen and oxygen atoms in total. The molecule has 2 aromatic carbocycles. The van der Waals surface area contributed by atoms with Gasteiger partial charge in [-0.25, -0.2) is 9.59 Å². The van der Waals surface area contributed by atoms with E-state index >= 15 is 0 Å². The van der Waals surface area contributed by atoms with Crippen LogP contribution in [0.25, 0.3) is 11.1 Å². The topological polar surface area (TPSA) is 124 Å². The van der Waals surface area contributed by atoms with Crippen molar-refractivity contribution in [3.8, 4) is 11.1 Å². The van der Waals surface area contributed by atoms with E-state index in [0.717, 1.165) is 17.8 Å². The number of carbonyl (C=O) groups is 2. The zero-order chi connectivity index (χ0) is 26.6. The van der Waals surface area contributed by atoms with Crippen LogP contribution in [0.2, 0.25) is 0 Å². The molecule has 2 amide bonds. The van der Waals surface area contributed by atoms with E-state index in [1.807, 2.05) is 6.92 Å². The first-order valence-corrected chi connectivity index (χ1v) is 13.4. The Kier molecular flexibility index (Phi) is 8.12. The van der Waals surface area contributed by atoms with Gasteiger partial charge in [0.05, 0.1) is 6.04 Å². The third kappa shape index (κ3) is 6.28. The van der Waals surface area contributed by atoms with Gasteiger partial charge in [-0.1, -0.05) is 73.7 Å². The van der Waals surface area contributed by atoms with Gasteiger partial charge in [-0.3, -0.25) is 0 Å². The Morgan fingerprint density at radius 2 is 1.54 bits per heavy atom. The molecule has 196 valence electrons. The quantitative estimate of drug-likeness (QED) is 0.225. The number of benzene rings is 2. The van der Waals surface area contributed by atoms with E-state index in [-0.39, 0.29) is 17.4 Å². The molecule has 1 aliphatic carbocycles. The number of fused-ring (bicyclic) bond motifs is 3. The summed E-state index contributed by atoms with van der Waals surface area (Å²) in [5.74, 6) is 0.280. The molecule has 2 atom stereocenters. The highest BCUT2D eigenvalue weighted by atomic mass is 32.1. The van der Waals surface area contributed by atoms with Crippen molar-refractivity contribution in [2.75, 3.05) is 0 Å². The number of carboxylic acid groups (broad SMARTS) is 2. The van der Waals surface area contributed by atoms with E-state index in [0.29, 0.717) is 24.3 Å². The number of aryl methyl sites for hydroxylation is 1. The van der Waals surface area contributed by atoms with Crippen LogP contribution in [0.1, 0.15) is 79.1 Å². The summed E-state index contributed by atoms with van der Waals surface area (Å²) < 4.78 is 0. The molecule has 0 saturated carbocycles. The number of hydrogen-bond donors (Lipinski definition) is 4. The van der Waals surface area contributed by atoms with Crippen LogP contribution < -0.4 is 10.6 Å². The Morgan fingerprint density at radius 1 is 0.946 bits per heavy atom. The summed E-state index contributed by atoms with van der Waals surface area (Å²) in [6, 6.07) is 16.3. The van der Waals surface area contributed by atoms with Crippen LogP contribution >= 0.6 is 11.3 Å². The van der Waals surface area contributed by atoms with Gasteiger partial charge in [0, 0.05) is 12.0 Å². The maximum absolute atomic E-state index is 11.7. The first-order valence-electron chi connectivity index (χ1n) is 12.6. The molecule has 3 aromatic rings. The molecule has 4 rings (SSSR count). The normalized spacial score (nSPS) is 14.5. The minimum atomic E-state index is -1.12. The number of nitrogens with one attached hydrogen (secondary N) is 2. The highest BCUT2D eigenvalue weighted by Gasteiger charge is 2.34. The minimum Gasteiger partial charge on any atom is -0.465 e. The number of hydrogen-bond acceptors (Lipinski definition) is 5. The van der Waals surface area contributed by atoms with E-state index in [4.69, 9.17) is 0 Å². The number of aromatic nitrogens is 2. The lowest BCUT2D eigenvalue weighted by molar-refractivity contribution is 0.158. The summed E-state index contributed by atoms with van der Waals surface area (Å²) in [5.41, 5.74) is 4.92. The van der Waals surface area contributed by atoms with Crippen LogP contribution in [0.4, 0.5) is 9.59 Å². The summed E-state index contributed by atoms with van der Waals surface area (Å²) in [5, 5.41) is 33.6. The van der Waals surface area contributed by atoms with Crippen molar-refractivity contribution in [1.82, 2.24) is 20.8 Å². The lowest BCUT2D eigenvalue weighted by atomic mass is 9.75. The predicted molar refractivity (Wildman–Crippen MR) is 144 cm³/mol. The van der Waals surface area contributed by atoms with Gasteiger partial charge < -0.3 is 20.8 Å². The van der Waals surface area contributed by atoms with Gasteiger partial charge in [0.2, 0.25) is 0 Å². The van der Waals surface area contributed by atoms with Crippen molar-refractivity contribution in [1.29, 1.82) is 0 Å². The molecular formula is C28H34N4O4S. The van der Waals surface area contributed by atoms with Gasteiger partial charge in [0.25, 0.3) is 0 Å². The molecule has 4 N–H and O–H groups in total.